The van der Waals surface area contributed by atoms with Gasteiger partial charge in [-0.25, -0.2) is 10.4 Å². The van der Waals surface area contributed by atoms with E-state index in [2.05, 4.69) is 15.8 Å². The topological polar surface area (TPSA) is 99.9 Å². The quantitative estimate of drug-likeness (QED) is 0.413. The van der Waals surface area contributed by atoms with Gasteiger partial charge in [-0.1, -0.05) is 0 Å². The molecule has 2 atom stereocenters. The van der Waals surface area contributed by atoms with Crippen LogP contribution in [0.2, 0.25) is 0 Å². The third-order valence-corrected chi connectivity index (χ3v) is 1.82. The molecule has 14 heavy (non-hydrogen) atoms. The summed E-state index contributed by atoms with van der Waals surface area (Å²) < 4.78 is 0. The number of carbonyl (C=O) groups is 1. The smallest absolute Gasteiger partial charge is 0.300 e. The van der Waals surface area contributed by atoms with Gasteiger partial charge in [0.15, 0.2) is 6.17 Å². The third-order valence-electron chi connectivity index (χ3n) is 1.82. The van der Waals surface area contributed by atoms with Crippen LogP contribution in [0.25, 0.3) is 0 Å². The molecule has 0 aromatic carbocycles. The molecule has 0 spiro atoms. The normalized spacial score (nSPS) is 26.7. The predicted molar refractivity (Wildman–Crippen MR) is 48.0 cm³/mol. The lowest BCUT2D eigenvalue weighted by Crippen LogP contribution is -2.57. The molecule has 0 unspecified atom stereocenters. The zero-order valence-electron chi connectivity index (χ0n) is 7.80. The van der Waals surface area contributed by atoms with E-state index in [1.54, 1.807) is 7.05 Å². The first kappa shape index (κ1) is 10.5. The number of rotatable bonds is 3. The van der Waals surface area contributed by atoms with Crippen LogP contribution >= 0.6 is 0 Å². The predicted octanol–water partition coefficient (Wildman–Crippen LogP) is -1.82. The summed E-state index contributed by atoms with van der Waals surface area (Å²) in [5.74, 6) is -0.585. The summed E-state index contributed by atoms with van der Waals surface area (Å²) in [6.45, 7) is 0. The lowest BCUT2D eigenvalue weighted by atomic mass is 10.2. The fourth-order valence-electron chi connectivity index (χ4n) is 1.12. The first-order chi connectivity index (χ1) is 6.57. The van der Waals surface area contributed by atoms with Crippen molar-refractivity contribution in [2.45, 2.75) is 12.2 Å². The summed E-state index contributed by atoms with van der Waals surface area (Å²) in [5, 5.41) is 10.6. The van der Waals surface area contributed by atoms with Gasteiger partial charge in [-0.2, -0.15) is 0 Å². The van der Waals surface area contributed by atoms with Crippen molar-refractivity contribution in [1.29, 1.82) is 0 Å². The van der Waals surface area contributed by atoms with Crippen LogP contribution in [0.4, 0.5) is 0 Å². The van der Waals surface area contributed by atoms with Crippen molar-refractivity contribution in [1.82, 2.24) is 15.8 Å². The zero-order chi connectivity index (χ0) is 10.7. The van der Waals surface area contributed by atoms with Crippen molar-refractivity contribution < 1.29 is 9.72 Å². The van der Waals surface area contributed by atoms with Crippen LogP contribution < -0.4 is 10.9 Å². The van der Waals surface area contributed by atoms with E-state index in [9.17, 15) is 14.9 Å². The molecule has 0 fully saturated rings. The molecular formula is C6H11N5O3. The molecule has 0 saturated heterocycles. The second-order valence-corrected chi connectivity index (χ2v) is 2.78. The first-order valence-corrected chi connectivity index (χ1v) is 3.93. The van der Waals surface area contributed by atoms with Crippen LogP contribution in [0.1, 0.15) is 0 Å². The fourth-order valence-corrected chi connectivity index (χ4v) is 1.12. The maximum atomic E-state index is 11.4. The minimum absolute atomic E-state index is 0.585. The molecule has 1 aliphatic rings. The van der Waals surface area contributed by atoms with E-state index in [-0.39, 0.29) is 0 Å². The van der Waals surface area contributed by atoms with Gasteiger partial charge < -0.3 is 4.90 Å². The molecule has 1 rings (SSSR count). The number of hydrogen-bond acceptors (Lipinski definition) is 6. The van der Waals surface area contributed by atoms with E-state index in [0.29, 0.717) is 0 Å². The highest BCUT2D eigenvalue weighted by atomic mass is 16.6. The van der Waals surface area contributed by atoms with Gasteiger partial charge in [0.05, 0.1) is 6.34 Å². The molecule has 1 heterocycles. The van der Waals surface area contributed by atoms with Crippen LogP contribution in [-0.4, -0.2) is 48.4 Å². The molecule has 8 heteroatoms. The van der Waals surface area contributed by atoms with Crippen LogP contribution in [0.15, 0.2) is 4.99 Å². The molecule has 78 valence electrons. The number of hydrazine groups is 1. The fraction of sp³-hybridized carbons (Fsp3) is 0.667. The number of nitrogens with zero attached hydrogens (tertiary/aromatic N) is 3. The first-order valence-electron chi connectivity index (χ1n) is 3.93. The largest absolute Gasteiger partial charge is 0.326 e. The summed E-state index contributed by atoms with van der Waals surface area (Å²) in [5.41, 5.74) is 5.05. The van der Waals surface area contributed by atoms with Gasteiger partial charge in [-0.3, -0.25) is 20.3 Å². The number of likely N-dealkylation sites (N-methyl/N-ethyl adjacent to an activating group) is 1. The number of hydrogen-bond donors (Lipinski definition) is 2. The summed E-state index contributed by atoms with van der Waals surface area (Å²) in [7, 11) is 2.98. The molecule has 1 aliphatic heterocycles. The second-order valence-electron chi connectivity index (χ2n) is 2.78. The molecule has 0 saturated carbocycles. The molecule has 0 bridgehead atoms. The summed E-state index contributed by atoms with van der Waals surface area (Å²) >= 11 is 0. The number of aliphatic imine (C=N–C) groups is 1. The van der Waals surface area contributed by atoms with Crippen LogP contribution in [0.3, 0.4) is 0 Å². The minimum atomic E-state index is -1.38. The van der Waals surface area contributed by atoms with E-state index in [1.807, 2.05) is 0 Å². The second kappa shape index (κ2) is 4.11. The Morgan fingerprint density at radius 1 is 1.71 bits per heavy atom. The Morgan fingerprint density at radius 2 is 2.36 bits per heavy atom. The maximum absolute atomic E-state index is 11.4. The summed E-state index contributed by atoms with van der Waals surface area (Å²) in [4.78, 5) is 26.3. The molecule has 2 N–H and O–H groups in total. The van der Waals surface area contributed by atoms with Gasteiger partial charge in [0.1, 0.15) is 0 Å². The number of amides is 1. The van der Waals surface area contributed by atoms with E-state index < -0.39 is 23.0 Å². The average Bonchev–Trinajstić information content (AvgIpc) is 2.11. The average molecular weight is 201 g/mol. The van der Waals surface area contributed by atoms with Gasteiger partial charge in [-0.05, 0) is 7.05 Å². The number of nitro groups is 1. The van der Waals surface area contributed by atoms with Gasteiger partial charge >= 0.3 is 11.9 Å². The van der Waals surface area contributed by atoms with Crippen LogP contribution in [-0.2, 0) is 4.79 Å². The summed E-state index contributed by atoms with van der Waals surface area (Å²) in [6, 6.07) is -1.38. The highest BCUT2D eigenvalue weighted by Gasteiger charge is 2.42. The monoisotopic (exact) mass is 201 g/mol. The SMILES string of the molecule is CNN[C@@H]1N=CN(C)C(=O)[C@H]1[N+](=O)[O-]. The molecular weight excluding hydrogens is 190 g/mol. The van der Waals surface area contributed by atoms with Crippen molar-refractivity contribution in [3.05, 3.63) is 10.1 Å². The van der Waals surface area contributed by atoms with E-state index in [0.717, 1.165) is 4.90 Å². The lowest BCUT2D eigenvalue weighted by molar-refractivity contribution is -0.513. The Kier molecular flexibility index (Phi) is 3.10. The molecule has 1 amide bonds. The Morgan fingerprint density at radius 3 is 2.86 bits per heavy atom. The van der Waals surface area contributed by atoms with Crippen LogP contribution in [0.5, 0.6) is 0 Å². The summed E-state index contributed by atoms with van der Waals surface area (Å²) in [6.07, 6.45) is 0.399. The zero-order valence-corrected chi connectivity index (χ0v) is 7.80. The van der Waals surface area contributed by atoms with E-state index in [1.165, 1.54) is 13.4 Å². The van der Waals surface area contributed by atoms with Crippen molar-refractivity contribution >= 4 is 12.2 Å². The van der Waals surface area contributed by atoms with Gasteiger partial charge in [0.25, 0.3) is 0 Å². The Hall–Kier alpha value is -1.54. The molecule has 8 nitrogen and oxygen atoms in total. The Labute approximate surface area is 80.1 Å². The molecule has 0 aromatic rings. The van der Waals surface area contributed by atoms with E-state index >= 15 is 0 Å². The van der Waals surface area contributed by atoms with Crippen molar-refractivity contribution in [3.63, 3.8) is 0 Å². The van der Waals surface area contributed by atoms with Crippen LogP contribution in [0, 0.1) is 10.1 Å². The Bertz CT molecular complexity index is 279. The number of nitrogens with one attached hydrogen (secondary N) is 2. The highest BCUT2D eigenvalue weighted by Crippen LogP contribution is 2.07. The highest BCUT2D eigenvalue weighted by molar-refractivity contribution is 5.92. The van der Waals surface area contributed by atoms with Crippen molar-refractivity contribution in [3.8, 4) is 0 Å². The van der Waals surface area contributed by atoms with Crippen molar-refractivity contribution in [2.75, 3.05) is 14.1 Å². The molecule has 0 aliphatic carbocycles. The van der Waals surface area contributed by atoms with E-state index in [4.69, 9.17) is 0 Å². The van der Waals surface area contributed by atoms with Gasteiger partial charge in [-0.15, -0.1) is 0 Å². The van der Waals surface area contributed by atoms with Crippen molar-refractivity contribution in [2.24, 2.45) is 4.99 Å². The number of carbonyl (C=O) groups excluding carboxylic acids is 1. The molecule has 0 radical (unpaired) electrons. The van der Waals surface area contributed by atoms with Gasteiger partial charge in [0.2, 0.25) is 0 Å². The maximum Gasteiger partial charge on any atom is 0.326 e. The van der Waals surface area contributed by atoms with Gasteiger partial charge in [0, 0.05) is 12.0 Å². The minimum Gasteiger partial charge on any atom is -0.300 e. The molecule has 0 aromatic heterocycles. The standard InChI is InChI=1S/C6H11N5O3/c1-7-9-5-4(11(13)14)6(12)10(2)3-8-5/h3-5,7,9H,1-2H3/t4-,5-/m0/s1. The lowest BCUT2D eigenvalue weighted by Gasteiger charge is -2.24. The Balaban J connectivity index is 2.88. The third kappa shape index (κ3) is 1.86.